The summed E-state index contributed by atoms with van der Waals surface area (Å²) >= 11 is 0. The van der Waals surface area contributed by atoms with Gasteiger partial charge in [0, 0.05) is 33.3 Å². The van der Waals surface area contributed by atoms with Crippen molar-refractivity contribution in [1.82, 2.24) is 0 Å². The highest BCUT2D eigenvalue weighted by Crippen LogP contribution is 2.46. The van der Waals surface area contributed by atoms with Crippen LogP contribution in [0.25, 0.3) is 99.1 Å². The van der Waals surface area contributed by atoms with Gasteiger partial charge in [-0.1, -0.05) is 212 Å². The van der Waals surface area contributed by atoms with Crippen molar-refractivity contribution in [3.05, 3.63) is 249 Å². The fraction of sp³-hybridized carbons (Fsp3) is 0. The normalized spacial score (nSPS) is 11.4. The van der Waals surface area contributed by atoms with Gasteiger partial charge in [0.15, 0.2) is 0 Å². The van der Waals surface area contributed by atoms with Gasteiger partial charge in [-0.2, -0.15) is 0 Å². The quantitative estimate of drug-likeness (QED) is 0.142. The zero-order valence-electron chi connectivity index (χ0n) is 35.0. The van der Waals surface area contributed by atoms with E-state index in [-0.39, 0.29) is 0 Å². The summed E-state index contributed by atoms with van der Waals surface area (Å²) in [6.45, 7) is 0. The Morgan fingerprint density at radius 1 is 0.266 bits per heavy atom. The van der Waals surface area contributed by atoms with Gasteiger partial charge in [0.25, 0.3) is 0 Å². The van der Waals surface area contributed by atoms with Crippen LogP contribution in [0.1, 0.15) is 0 Å². The van der Waals surface area contributed by atoms with Gasteiger partial charge in [-0.05, 0) is 102 Å². The van der Waals surface area contributed by atoms with Crippen LogP contribution in [0.3, 0.4) is 0 Å². The van der Waals surface area contributed by atoms with E-state index < -0.39 is 0 Å². The largest absolute Gasteiger partial charge is 0.455 e. The Bertz CT molecular complexity index is 3670. The van der Waals surface area contributed by atoms with E-state index in [1.807, 2.05) is 6.07 Å². The van der Waals surface area contributed by atoms with E-state index in [0.717, 1.165) is 55.7 Å². The maximum atomic E-state index is 6.67. The first-order valence-electron chi connectivity index (χ1n) is 21.9. The minimum absolute atomic E-state index is 0.884. The first-order chi connectivity index (χ1) is 31.8. The number of para-hydroxylation sites is 3. The molecule has 0 aliphatic heterocycles. The molecule has 0 aliphatic carbocycles. The molecule has 64 heavy (non-hydrogen) atoms. The molecule has 0 radical (unpaired) electrons. The maximum Gasteiger partial charge on any atom is 0.143 e. The summed E-state index contributed by atoms with van der Waals surface area (Å²) in [5.41, 5.74) is 16.6. The molecule has 0 saturated carbocycles. The molecule has 0 aliphatic rings. The summed E-state index contributed by atoms with van der Waals surface area (Å²) in [5, 5.41) is 7.25. The minimum atomic E-state index is 0.884. The summed E-state index contributed by atoms with van der Waals surface area (Å²) < 4.78 is 6.67. The molecule has 12 aromatic rings. The lowest BCUT2D eigenvalue weighted by Gasteiger charge is -2.28. The molecule has 12 rings (SSSR count). The van der Waals surface area contributed by atoms with Crippen LogP contribution in [0, 0.1) is 0 Å². The molecule has 0 bridgehead atoms. The van der Waals surface area contributed by atoms with Gasteiger partial charge in [0.2, 0.25) is 0 Å². The molecular formula is C62H41NO. The second kappa shape index (κ2) is 15.8. The van der Waals surface area contributed by atoms with Crippen molar-refractivity contribution in [1.29, 1.82) is 0 Å². The summed E-state index contributed by atoms with van der Waals surface area (Å²) in [6, 6.07) is 89.6. The Hall–Kier alpha value is -8.46. The predicted octanol–water partition coefficient (Wildman–Crippen LogP) is 17.7. The first kappa shape index (κ1) is 37.3. The molecule has 0 N–H and O–H groups in total. The average Bonchev–Trinajstić information content (AvgIpc) is 3.76. The summed E-state index contributed by atoms with van der Waals surface area (Å²) in [5.74, 6) is 0. The second-order valence-electron chi connectivity index (χ2n) is 16.4. The van der Waals surface area contributed by atoms with Crippen LogP contribution in [-0.4, -0.2) is 0 Å². The van der Waals surface area contributed by atoms with E-state index in [2.05, 4.69) is 248 Å². The van der Waals surface area contributed by atoms with Crippen molar-refractivity contribution in [3.8, 4) is 55.6 Å². The van der Waals surface area contributed by atoms with Crippen LogP contribution in [-0.2, 0) is 0 Å². The molecule has 0 amide bonds. The number of furan rings is 1. The van der Waals surface area contributed by atoms with E-state index >= 15 is 0 Å². The third-order valence-electron chi connectivity index (χ3n) is 12.7. The second-order valence-corrected chi connectivity index (χ2v) is 16.4. The Morgan fingerprint density at radius 3 is 1.61 bits per heavy atom. The van der Waals surface area contributed by atoms with Gasteiger partial charge in [-0.25, -0.2) is 0 Å². The van der Waals surface area contributed by atoms with Gasteiger partial charge in [0.1, 0.15) is 11.2 Å². The van der Waals surface area contributed by atoms with E-state index in [1.165, 1.54) is 60.5 Å². The lowest BCUT2D eigenvalue weighted by Crippen LogP contribution is -2.11. The van der Waals surface area contributed by atoms with Gasteiger partial charge in [-0.3, -0.25) is 0 Å². The molecular weight excluding hydrogens is 775 g/mol. The van der Waals surface area contributed by atoms with Crippen LogP contribution < -0.4 is 4.90 Å². The highest BCUT2D eigenvalue weighted by molar-refractivity contribution is 6.13. The number of rotatable bonds is 8. The van der Waals surface area contributed by atoms with Crippen molar-refractivity contribution in [2.24, 2.45) is 0 Å². The third-order valence-corrected chi connectivity index (χ3v) is 12.7. The van der Waals surface area contributed by atoms with Gasteiger partial charge in [0.05, 0.1) is 5.69 Å². The van der Waals surface area contributed by atoms with Crippen LogP contribution >= 0.6 is 0 Å². The number of hydrogen-bond donors (Lipinski definition) is 0. The zero-order valence-corrected chi connectivity index (χ0v) is 35.0. The minimum Gasteiger partial charge on any atom is -0.455 e. The van der Waals surface area contributed by atoms with Crippen molar-refractivity contribution in [2.45, 2.75) is 0 Å². The Kier molecular flexibility index (Phi) is 9.20. The summed E-state index contributed by atoms with van der Waals surface area (Å²) in [4.78, 5) is 2.40. The van der Waals surface area contributed by atoms with Crippen LogP contribution in [0.15, 0.2) is 253 Å². The Morgan fingerprint density at radius 2 is 0.812 bits per heavy atom. The van der Waals surface area contributed by atoms with Crippen molar-refractivity contribution >= 4 is 60.5 Å². The van der Waals surface area contributed by atoms with Gasteiger partial charge < -0.3 is 9.32 Å². The number of hydrogen-bond acceptors (Lipinski definition) is 2. The first-order valence-corrected chi connectivity index (χ1v) is 21.9. The van der Waals surface area contributed by atoms with Gasteiger partial charge >= 0.3 is 0 Å². The number of anilines is 3. The summed E-state index contributed by atoms with van der Waals surface area (Å²) in [6.07, 6.45) is 0. The lowest BCUT2D eigenvalue weighted by molar-refractivity contribution is 0.670. The number of fused-ring (bicyclic) bond motifs is 6. The average molecular weight is 816 g/mol. The Balaban J connectivity index is 1.03. The van der Waals surface area contributed by atoms with Crippen LogP contribution in [0.2, 0.25) is 0 Å². The molecule has 0 atom stereocenters. The predicted molar refractivity (Wildman–Crippen MR) is 271 cm³/mol. The maximum absolute atomic E-state index is 6.67. The standard InChI is InChI=1S/C62H41NO/c1-2-17-42(18-3-1)48-23-6-8-25-52(48)53-26-9-7-24-51(53)45-20-14-21-47(41-45)63(60-33-12-10-27-56(60)58-31-16-32-59-57-28-11-13-34-61(57)64-62(58)59)46-38-35-44(36-39-46)50-29-15-30-54-49-22-5-4-19-43(49)37-40-55(50)54/h1-41H. The van der Waals surface area contributed by atoms with E-state index in [4.69, 9.17) is 4.42 Å². The third kappa shape index (κ3) is 6.44. The molecule has 11 aromatic carbocycles. The molecule has 1 heterocycles. The fourth-order valence-corrected chi connectivity index (χ4v) is 9.73. The molecule has 0 unspecified atom stereocenters. The van der Waals surface area contributed by atoms with E-state index in [1.54, 1.807) is 0 Å². The fourth-order valence-electron chi connectivity index (χ4n) is 9.73. The molecule has 2 nitrogen and oxygen atoms in total. The van der Waals surface area contributed by atoms with Gasteiger partial charge in [-0.15, -0.1) is 0 Å². The summed E-state index contributed by atoms with van der Waals surface area (Å²) in [7, 11) is 0. The van der Waals surface area contributed by atoms with E-state index in [9.17, 15) is 0 Å². The molecule has 2 heteroatoms. The zero-order chi connectivity index (χ0) is 42.4. The molecule has 0 saturated heterocycles. The lowest BCUT2D eigenvalue weighted by atomic mass is 9.89. The topological polar surface area (TPSA) is 16.4 Å². The van der Waals surface area contributed by atoms with Crippen molar-refractivity contribution in [3.63, 3.8) is 0 Å². The number of benzene rings is 11. The smallest absolute Gasteiger partial charge is 0.143 e. The highest BCUT2D eigenvalue weighted by Gasteiger charge is 2.22. The number of nitrogens with zero attached hydrogens (tertiary/aromatic N) is 1. The SMILES string of the molecule is c1ccc(-c2ccccc2-c2ccccc2-c2cccc(N(c3ccc(-c4cccc5c4ccc4ccccc45)cc3)c3ccccc3-c3cccc4c3oc3ccccc34)c2)cc1. The molecule has 1 aromatic heterocycles. The van der Waals surface area contributed by atoms with Crippen molar-refractivity contribution in [2.75, 3.05) is 4.90 Å². The Labute approximate surface area is 372 Å². The molecule has 0 spiro atoms. The molecule has 0 fully saturated rings. The van der Waals surface area contributed by atoms with Crippen LogP contribution in [0.5, 0.6) is 0 Å². The van der Waals surface area contributed by atoms with E-state index in [0.29, 0.717) is 0 Å². The monoisotopic (exact) mass is 815 g/mol. The highest BCUT2D eigenvalue weighted by atomic mass is 16.3. The van der Waals surface area contributed by atoms with Crippen LogP contribution in [0.4, 0.5) is 17.1 Å². The molecule has 300 valence electrons. The van der Waals surface area contributed by atoms with Crippen molar-refractivity contribution < 1.29 is 4.42 Å².